The molecule has 3 nitrogen and oxygen atoms in total. The molecular weight excluding hydrogens is 219 g/mol. The summed E-state index contributed by atoms with van der Waals surface area (Å²) in [7, 11) is 0. The van der Waals surface area contributed by atoms with Crippen LogP contribution < -0.4 is 10.5 Å². The van der Waals surface area contributed by atoms with E-state index in [0.29, 0.717) is 11.3 Å². The largest absolute Gasteiger partial charge is 0.452 e. The lowest BCUT2D eigenvalue weighted by Crippen LogP contribution is -2.07. The molecule has 2 aromatic rings. The molecule has 0 amide bonds. The Labute approximate surface area is 99.1 Å². The minimum atomic E-state index is -0.427. The fraction of sp³-hybridized carbons (Fsp3) is 0.154. The first-order valence-corrected chi connectivity index (χ1v) is 5.30. The normalized spacial score (nSPS) is 12.2. The van der Waals surface area contributed by atoms with Crippen molar-refractivity contribution in [1.82, 2.24) is 4.98 Å². The molecule has 1 aromatic carbocycles. The molecule has 0 bridgehead atoms. The first kappa shape index (κ1) is 11.5. The molecule has 0 unspecified atom stereocenters. The van der Waals surface area contributed by atoms with Crippen LogP contribution in [0.4, 0.5) is 4.39 Å². The molecule has 0 saturated carbocycles. The van der Waals surface area contributed by atoms with E-state index in [9.17, 15) is 4.39 Å². The zero-order chi connectivity index (χ0) is 12.3. The van der Waals surface area contributed by atoms with Gasteiger partial charge in [-0.15, -0.1) is 0 Å². The van der Waals surface area contributed by atoms with Crippen LogP contribution in [0.3, 0.4) is 0 Å². The highest BCUT2D eigenvalue weighted by Crippen LogP contribution is 2.30. The van der Waals surface area contributed by atoms with Gasteiger partial charge in [-0.3, -0.25) is 4.98 Å². The number of ether oxygens (including phenoxy) is 1. The van der Waals surface area contributed by atoms with E-state index >= 15 is 0 Å². The summed E-state index contributed by atoms with van der Waals surface area (Å²) in [6, 6.07) is 7.85. The van der Waals surface area contributed by atoms with E-state index in [1.54, 1.807) is 37.4 Å². The van der Waals surface area contributed by atoms with Gasteiger partial charge in [-0.2, -0.15) is 0 Å². The Hall–Kier alpha value is -1.94. The third kappa shape index (κ3) is 2.60. The number of hydrogen-bond acceptors (Lipinski definition) is 3. The number of nitrogens with two attached hydrogens (primary N) is 1. The summed E-state index contributed by atoms with van der Waals surface area (Å²) < 4.78 is 19.2. The van der Waals surface area contributed by atoms with Crippen LogP contribution in [0.15, 0.2) is 42.7 Å². The molecule has 2 N–H and O–H groups in total. The Bertz CT molecular complexity index is 500. The molecule has 88 valence electrons. The van der Waals surface area contributed by atoms with Gasteiger partial charge in [0.2, 0.25) is 0 Å². The second-order valence-electron chi connectivity index (χ2n) is 3.74. The van der Waals surface area contributed by atoms with Crippen LogP contribution in [0.1, 0.15) is 18.5 Å². The number of halogens is 1. The first-order valence-electron chi connectivity index (χ1n) is 5.30. The molecule has 0 saturated heterocycles. The third-order valence-corrected chi connectivity index (χ3v) is 2.34. The Kier molecular flexibility index (Phi) is 3.35. The average Bonchev–Trinajstić information content (AvgIpc) is 2.33. The maximum atomic E-state index is 13.7. The van der Waals surface area contributed by atoms with Crippen molar-refractivity contribution in [2.24, 2.45) is 5.73 Å². The van der Waals surface area contributed by atoms with Gasteiger partial charge < -0.3 is 10.5 Å². The van der Waals surface area contributed by atoms with Crippen molar-refractivity contribution in [2.45, 2.75) is 13.0 Å². The molecule has 0 aliphatic carbocycles. The lowest BCUT2D eigenvalue weighted by molar-refractivity contribution is 0.431. The van der Waals surface area contributed by atoms with Gasteiger partial charge in [0.15, 0.2) is 11.6 Å². The number of rotatable bonds is 3. The monoisotopic (exact) mass is 232 g/mol. The number of pyridine rings is 1. The minimum Gasteiger partial charge on any atom is -0.452 e. The van der Waals surface area contributed by atoms with Crippen molar-refractivity contribution in [1.29, 1.82) is 0 Å². The Morgan fingerprint density at radius 1 is 1.29 bits per heavy atom. The molecule has 1 heterocycles. The zero-order valence-electron chi connectivity index (χ0n) is 9.43. The third-order valence-electron chi connectivity index (χ3n) is 2.34. The zero-order valence-corrected chi connectivity index (χ0v) is 9.43. The lowest BCUT2D eigenvalue weighted by Gasteiger charge is -2.14. The van der Waals surface area contributed by atoms with Gasteiger partial charge in [0.25, 0.3) is 0 Å². The van der Waals surface area contributed by atoms with Crippen LogP contribution in [0.5, 0.6) is 11.5 Å². The second-order valence-corrected chi connectivity index (χ2v) is 3.74. The number of hydrogen-bond donors (Lipinski definition) is 1. The molecule has 1 aromatic heterocycles. The highest BCUT2D eigenvalue weighted by Gasteiger charge is 2.13. The molecule has 0 spiro atoms. The van der Waals surface area contributed by atoms with Gasteiger partial charge in [0, 0.05) is 17.8 Å². The van der Waals surface area contributed by atoms with Gasteiger partial charge in [-0.05, 0) is 25.1 Å². The van der Waals surface area contributed by atoms with Crippen LogP contribution in [-0.4, -0.2) is 4.98 Å². The van der Waals surface area contributed by atoms with Crippen molar-refractivity contribution in [3.8, 4) is 11.5 Å². The smallest absolute Gasteiger partial charge is 0.167 e. The second kappa shape index (κ2) is 4.93. The van der Waals surface area contributed by atoms with E-state index in [1.807, 2.05) is 0 Å². The predicted octanol–water partition coefficient (Wildman–Crippen LogP) is 3.03. The molecule has 0 fully saturated rings. The number of aromatic nitrogens is 1. The lowest BCUT2D eigenvalue weighted by atomic mass is 10.1. The highest BCUT2D eigenvalue weighted by atomic mass is 19.1. The summed E-state index contributed by atoms with van der Waals surface area (Å²) in [5, 5.41) is 0. The summed E-state index contributed by atoms with van der Waals surface area (Å²) >= 11 is 0. The molecule has 0 aliphatic rings. The molecule has 1 atom stereocenters. The standard InChI is InChI=1S/C13H13FN2O/c1-9(15)11-5-2-6-12(14)13(11)17-10-4-3-7-16-8-10/h2-9H,15H2,1H3/t9-/m1/s1. The molecule has 17 heavy (non-hydrogen) atoms. The average molecular weight is 232 g/mol. The van der Waals surface area contributed by atoms with Crippen molar-refractivity contribution >= 4 is 0 Å². The summed E-state index contributed by atoms with van der Waals surface area (Å²) in [5.41, 5.74) is 6.41. The van der Waals surface area contributed by atoms with Crippen LogP contribution in [-0.2, 0) is 0 Å². The van der Waals surface area contributed by atoms with E-state index in [-0.39, 0.29) is 11.8 Å². The fourth-order valence-electron chi connectivity index (χ4n) is 1.52. The molecule has 0 radical (unpaired) electrons. The van der Waals surface area contributed by atoms with Crippen molar-refractivity contribution < 1.29 is 9.13 Å². The number of nitrogens with zero attached hydrogens (tertiary/aromatic N) is 1. The maximum Gasteiger partial charge on any atom is 0.167 e. The molecule has 0 aliphatic heterocycles. The summed E-state index contributed by atoms with van der Waals surface area (Å²) in [6.45, 7) is 1.78. The van der Waals surface area contributed by atoms with E-state index < -0.39 is 5.82 Å². The molecule has 2 rings (SSSR count). The Morgan fingerprint density at radius 2 is 2.12 bits per heavy atom. The van der Waals surface area contributed by atoms with Crippen LogP contribution in [0, 0.1) is 5.82 Å². The van der Waals surface area contributed by atoms with Crippen LogP contribution in [0.2, 0.25) is 0 Å². The summed E-state index contributed by atoms with van der Waals surface area (Å²) in [5.74, 6) is 0.221. The molecule has 4 heteroatoms. The highest BCUT2D eigenvalue weighted by molar-refractivity contribution is 5.40. The van der Waals surface area contributed by atoms with Crippen LogP contribution >= 0.6 is 0 Å². The maximum absolute atomic E-state index is 13.7. The summed E-state index contributed by atoms with van der Waals surface area (Å²) in [6.07, 6.45) is 3.15. The van der Waals surface area contributed by atoms with Gasteiger partial charge in [0.05, 0.1) is 6.20 Å². The topological polar surface area (TPSA) is 48.1 Å². The van der Waals surface area contributed by atoms with Crippen molar-refractivity contribution in [3.05, 3.63) is 54.1 Å². The van der Waals surface area contributed by atoms with Gasteiger partial charge >= 0.3 is 0 Å². The summed E-state index contributed by atoms with van der Waals surface area (Å²) in [4.78, 5) is 3.91. The first-order chi connectivity index (χ1) is 8.18. The minimum absolute atomic E-state index is 0.163. The van der Waals surface area contributed by atoms with Gasteiger partial charge in [-0.1, -0.05) is 12.1 Å². The van der Waals surface area contributed by atoms with Gasteiger partial charge in [-0.25, -0.2) is 4.39 Å². The Balaban J connectivity index is 2.38. The SMILES string of the molecule is C[C@@H](N)c1cccc(F)c1Oc1cccnc1. The predicted molar refractivity (Wildman–Crippen MR) is 63.3 cm³/mol. The fourth-order valence-corrected chi connectivity index (χ4v) is 1.52. The van der Waals surface area contributed by atoms with Crippen molar-refractivity contribution in [3.63, 3.8) is 0 Å². The van der Waals surface area contributed by atoms with E-state index in [2.05, 4.69) is 4.98 Å². The Morgan fingerprint density at radius 3 is 2.76 bits per heavy atom. The van der Waals surface area contributed by atoms with Crippen LogP contribution in [0.25, 0.3) is 0 Å². The van der Waals surface area contributed by atoms with E-state index in [0.717, 1.165) is 0 Å². The molecular formula is C13H13FN2O. The number of para-hydroxylation sites is 1. The quantitative estimate of drug-likeness (QED) is 0.884. The van der Waals surface area contributed by atoms with Gasteiger partial charge in [0.1, 0.15) is 5.75 Å². The van der Waals surface area contributed by atoms with E-state index in [1.165, 1.54) is 12.3 Å². The van der Waals surface area contributed by atoms with E-state index in [4.69, 9.17) is 10.5 Å². The number of benzene rings is 1. The van der Waals surface area contributed by atoms with Crippen molar-refractivity contribution in [2.75, 3.05) is 0 Å².